The highest BCUT2D eigenvalue weighted by atomic mass is 16.5. The largest absolute Gasteiger partial charge is 0.478 e. The maximum atomic E-state index is 11.0. The summed E-state index contributed by atoms with van der Waals surface area (Å²) in [4.78, 5) is 11.0. The standard InChI is InChI=1S/C12H20N2O3/c1-4-5-7-17-8-6-14-10(3)11(12(15)16)9(2)13-14/h4-8H2,1-3H3,(H,15,16). The number of aromatic carboxylic acids is 1. The third kappa shape index (κ3) is 3.56. The Labute approximate surface area is 101 Å². The van der Waals surface area contributed by atoms with Crippen LogP contribution in [0.1, 0.15) is 41.5 Å². The van der Waals surface area contributed by atoms with Gasteiger partial charge >= 0.3 is 5.97 Å². The fourth-order valence-corrected chi connectivity index (χ4v) is 1.72. The van der Waals surface area contributed by atoms with Crippen LogP contribution in [0.3, 0.4) is 0 Å². The summed E-state index contributed by atoms with van der Waals surface area (Å²) in [6.07, 6.45) is 2.17. The van der Waals surface area contributed by atoms with E-state index in [0.717, 1.165) is 19.4 Å². The van der Waals surface area contributed by atoms with Gasteiger partial charge in [-0.05, 0) is 20.3 Å². The van der Waals surface area contributed by atoms with Crippen LogP contribution in [0.2, 0.25) is 0 Å². The van der Waals surface area contributed by atoms with Gasteiger partial charge in [-0.3, -0.25) is 4.68 Å². The van der Waals surface area contributed by atoms with E-state index in [1.807, 2.05) is 0 Å². The van der Waals surface area contributed by atoms with Gasteiger partial charge in [0.05, 0.1) is 24.5 Å². The monoisotopic (exact) mass is 240 g/mol. The van der Waals surface area contributed by atoms with Gasteiger partial charge in [-0.1, -0.05) is 13.3 Å². The first kappa shape index (κ1) is 13.7. The zero-order valence-corrected chi connectivity index (χ0v) is 10.7. The molecule has 0 amide bonds. The molecular formula is C12H20N2O3. The molecule has 1 aromatic rings. The first-order valence-electron chi connectivity index (χ1n) is 5.93. The minimum absolute atomic E-state index is 0.304. The lowest BCUT2D eigenvalue weighted by atomic mass is 10.2. The van der Waals surface area contributed by atoms with E-state index in [1.165, 1.54) is 0 Å². The number of unbranched alkanes of at least 4 members (excludes halogenated alkanes) is 1. The van der Waals surface area contributed by atoms with Gasteiger partial charge in [0.1, 0.15) is 5.56 Å². The van der Waals surface area contributed by atoms with Gasteiger partial charge in [-0.2, -0.15) is 5.10 Å². The van der Waals surface area contributed by atoms with E-state index in [1.54, 1.807) is 18.5 Å². The molecule has 0 radical (unpaired) electrons. The Bertz CT molecular complexity index is 385. The lowest BCUT2D eigenvalue weighted by molar-refractivity contribution is 0.0695. The second-order valence-corrected chi connectivity index (χ2v) is 4.04. The maximum absolute atomic E-state index is 11.0. The normalized spacial score (nSPS) is 10.8. The van der Waals surface area contributed by atoms with Crippen LogP contribution in [0, 0.1) is 13.8 Å². The SMILES string of the molecule is CCCCOCCn1nc(C)c(C(=O)O)c1C. The van der Waals surface area contributed by atoms with E-state index in [9.17, 15) is 4.79 Å². The molecule has 5 heteroatoms. The minimum atomic E-state index is -0.918. The topological polar surface area (TPSA) is 64.4 Å². The number of aryl methyl sites for hydroxylation is 1. The molecule has 1 aromatic heterocycles. The molecule has 0 saturated heterocycles. The quantitative estimate of drug-likeness (QED) is 0.740. The molecule has 0 unspecified atom stereocenters. The van der Waals surface area contributed by atoms with Crippen molar-refractivity contribution in [2.24, 2.45) is 0 Å². The van der Waals surface area contributed by atoms with Crippen LogP contribution in [0.4, 0.5) is 0 Å². The van der Waals surface area contributed by atoms with Crippen molar-refractivity contribution in [2.75, 3.05) is 13.2 Å². The summed E-state index contributed by atoms with van der Waals surface area (Å²) in [7, 11) is 0. The molecule has 1 N–H and O–H groups in total. The second-order valence-electron chi connectivity index (χ2n) is 4.04. The average molecular weight is 240 g/mol. The summed E-state index contributed by atoms with van der Waals surface area (Å²) in [5.41, 5.74) is 1.55. The average Bonchev–Trinajstić information content (AvgIpc) is 2.53. The van der Waals surface area contributed by atoms with Crippen LogP contribution >= 0.6 is 0 Å². The van der Waals surface area contributed by atoms with Crippen molar-refractivity contribution in [3.05, 3.63) is 17.0 Å². The Morgan fingerprint density at radius 1 is 1.41 bits per heavy atom. The van der Waals surface area contributed by atoms with Crippen molar-refractivity contribution in [1.29, 1.82) is 0 Å². The number of hydrogen-bond acceptors (Lipinski definition) is 3. The van der Waals surface area contributed by atoms with Crippen LogP contribution < -0.4 is 0 Å². The molecule has 0 aliphatic heterocycles. The van der Waals surface area contributed by atoms with Crippen molar-refractivity contribution in [3.8, 4) is 0 Å². The highest BCUT2D eigenvalue weighted by molar-refractivity contribution is 5.90. The van der Waals surface area contributed by atoms with Crippen LogP contribution in [0.15, 0.2) is 0 Å². The Hall–Kier alpha value is -1.36. The summed E-state index contributed by atoms with van der Waals surface area (Å²) in [5.74, 6) is -0.918. The van der Waals surface area contributed by atoms with Crippen molar-refractivity contribution in [1.82, 2.24) is 9.78 Å². The molecule has 0 spiro atoms. The Balaban J connectivity index is 2.55. The number of carboxylic acid groups (broad SMARTS) is 1. The molecule has 1 rings (SSSR count). The smallest absolute Gasteiger partial charge is 0.339 e. The van der Waals surface area contributed by atoms with Gasteiger partial charge in [0.15, 0.2) is 0 Å². The van der Waals surface area contributed by atoms with E-state index in [-0.39, 0.29) is 0 Å². The third-order valence-electron chi connectivity index (χ3n) is 2.69. The Morgan fingerprint density at radius 3 is 2.65 bits per heavy atom. The fourth-order valence-electron chi connectivity index (χ4n) is 1.72. The molecule has 0 bridgehead atoms. The van der Waals surface area contributed by atoms with E-state index < -0.39 is 5.97 Å². The van der Waals surface area contributed by atoms with E-state index in [0.29, 0.717) is 30.1 Å². The Morgan fingerprint density at radius 2 is 2.12 bits per heavy atom. The minimum Gasteiger partial charge on any atom is -0.478 e. The first-order chi connectivity index (χ1) is 8.07. The van der Waals surface area contributed by atoms with Gasteiger partial charge in [-0.15, -0.1) is 0 Å². The summed E-state index contributed by atoms with van der Waals surface area (Å²) in [6.45, 7) is 7.52. The molecular weight excluding hydrogens is 220 g/mol. The molecule has 0 saturated carbocycles. The number of ether oxygens (including phenoxy) is 1. The second kappa shape index (κ2) is 6.39. The zero-order valence-electron chi connectivity index (χ0n) is 10.7. The molecule has 0 fully saturated rings. The van der Waals surface area contributed by atoms with Gasteiger partial charge in [-0.25, -0.2) is 4.79 Å². The lowest BCUT2D eigenvalue weighted by Gasteiger charge is -2.05. The molecule has 0 aliphatic rings. The van der Waals surface area contributed by atoms with E-state index in [4.69, 9.17) is 9.84 Å². The van der Waals surface area contributed by atoms with E-state index >= 15 is 0 Å². The predicted octanol–water partition coefficient (Wildman–Crippen LogP) is 2.01. The zero-order chi connectivity index (χ0) is 12.8. The molecule has 5 nitrogen and oxygen atoms in total. The molecule has 1 heterocycles. The Kier molecular flexibility index (Phi) is 5.15. The van der Waals surface area contributed by atoms with Crippen molar-refractivity contribution < 1.29 is 14.6 Å². The third-order valence-corrected chi connectivity index (χ3v) is 2.69. The predicted molar refractivity (Wildman–Crippen MR) is 64.4 cm³/mol. The number of carboxylic acids is 1. The highest BCUT2D eigenvalue weighted by Gasteiger charge is 2.17. The van der Waals surface area contributed by atoms with Gasteiger partial charge < -0.3 is 9.84 Å². The summed E-state index contributed by atoms with van der Waals surface area (Å²) in [6, 6.07) is 0. The van der Waals surface area contributed by atoms with Gasteiger partial charge in [0, 0.05) is 6.61 Å². The number of aromatic nitrogens is 2. The van der Waals surface area contributed by atoms with Crippen molar-refractivity contribution >= 4 is 5.97 Å². The molecule has 0 aromatic carbocycles. The molecule has 0 aliphatic carbocycles. The van der Waals surface area contributed by atoms with Crippen LogP contribution in [-0.2, 0) is 11.3 Å². The number of hydrogen-bond donors (Lipinski definition) is 1. The fraction of sp³-hybridized carbons (Fsp3) is 0.667. The number of rotatable bonds is 7. The molecule has 17 heavy (non-hydrogen) atoms. The number of nitrogens with zero attached hydrogens (tertiary/aromatic N) is 2. The van der Waals surface area contributed by atoms with Crippen LogP contribution in [-0.4, -0.2) is 34.1 Å². The van der Waals surface area contributed by atoms with Crippen LogP contribution in [0.5, 0.6) is 0 Å². The highest BCUT2D eigenvalue weighted by Crippen LogP contribution is 2.12. The first-order valence-corrected chi connectivity index (χ1v) is 5.93. The molecule has 0 atom stereocenters. The van der Waals surface area contributed by atoms with Crippen molar-refractivity contribution in [2.45, 2.75) is 40.2 Å². The van der Waals surface area contributed by atoms with E-state index in [2.05, 4.69) is 12.0 Å². The maximum Gasteiger partial charge on any atom is 0.339 e. The van der Waals surface area contributed by atoms with Crippen molar-refractivity contribution in [3.63, 3.8) is 0 Å². The lowest BCUT2D eigenvalue weighted by Crippen LogP contribution is -2.10. The summed E-state index contributed by atoms with van der Waals surface area (Å²) < 4.78 is 7.13. The van der Waals surface area contributed by atoms with Crippen LogP contribution in [0.25, 0.3) is 0 Å². The van der Waals surface area contributed by atoms with Gasteiger partial charge in [0.25, 0.3) is 0 Å². The van der Waals surface area contributed by atoms with Gasteiger partial charge in [0.2, 0.25) is 0 Å². The molecule has 96 valence electrons. The summed E-state index contributed by atoms with van der Waals surface area (Å²) in [5, 5.41) is 13.2. The number of carbonyl (C=O) groups is 1. The summed E-state index contributed by atoms with van der Waals surface area (Å²) >= 11 is 0.